The van der Waals surface area contributed by atoms with Gasteiger partial charge in [-0.25, -0.2) is 0 Å². The van der Waals surface area contributed by atoms with Crippen molar-refractivity contribution in [1.29, 1.82) is 0 Å². The van der Waals surface area contributed by atoms with E-state index in [-0.39, 0.29) is 3.71 Å². The van der Waals surface area contributed by atoms with Crippen LogP contribution in [-0.2, 0) is 22.5 Å². The van der Waals surface area contributed by atoms with E-state index in [1.54, 1.807) is 0 Å². The second kappa shape index (κ2) is 3.25. The summed E-state index contributed by atoms with van der Waals surface area (Å²) in [4.78, 5) is 0. The maximum atomic E-state index is 9.67. The predicted molar refractivity (Wildman–Crippen MR) is 25.6 cm³/mol. The fraction of sp³-hybridized carbons (Fsp3) is 1.00. The van der Waals surface area contributed by atoms with Gasteiger partial charge in [0.05, 0.1) is 0 Å². The summed E-state index contributed by atoms with van der Waals surface area (Å²) in [5.74, 6) is 0. The molecule has 0 aliphatic rings. The monoisotopic (exact) mass is 157 g/mol. The van der Waals surface area contributed by atoms with Crippen molar-refractivity contribution < 1.29 is 17.5 Å². The first-order valence-corrected chi connectivity index (χ1v) is 3.54. The smallest absolute Gasteiger partial charge is 0.0320 e. The summed E-state index contributed by atoms with van der Waals surface area (Å²) in [5.41, 5.74) is 0. The number of hydrogen-bond acceptors (Lipinski definition) is 4. The van der Waals surface area contributed by atoms with E-state index in [2.05, 4.69) is 0 Å². The fourth-order valence-corrected chi connectivity index (χ4v) is 0.447. The topological polar surface area (TPSA) is 83.5 Å². The van der Waals surface area contributed by atoms with Gasteiger partial charge in [-0.15, -0.1) is 0 Å². The zero-order chi connectivity index (χ0) is 6.73. The first-order chi connectivity index (χ1) is 3.55. The average Bonchev–Trinajstić information content (AvgIpc) is 1.64. The van der Waals surface area contributed by atoms with E-state index in [0.29, 0.717) is 0 Å². The fourth-order valence-electron chi connectivity index (χ4n) is 0.0497. The van der Waals surface area contributed by atoms with Crippen LogP contribution in [0.25, 0.3) is 0 Å². The summed E-state index contributed by atoms with van der Waals surface area (Å²) in [6.45, 7) is 0. The van der Waals surface area contributed by atoms with Crippen LogP contribution in [0.4, 0.5) is 0 Å². The van der Waals surface area contributed by atoms with Crippen LogP contribution in [0.15, 0.2) is 0 Å². The van der Waals surface area contributed by atoms with E-state index in [4.69, 9.17) is 0 Å². The third kappa shape index (κ3) is 2.48. The molecule has 0 aromatic carbocycles. The molecule has 0 bridgehead atoms. The summed E-state index contributed by atoms with van der Waals surface area (Å²) in [6.07, 6.45) is 0. The Kier molecular flexibility index (Phi) is 3.33. The average molecular weight is 157 g/mol. The van der Waals surface area contributed by atoms with Gasteiger partial charge in [-0.2, -0.15) is 3.71 Å². The molecule has 5 nitrogen and oxygen atoms in total. The normalized spacial score (nSPS) is 18.5. The quantitative estimate of drug-likeness (QED) is 0.457. The van der Waals surface area contributed by atoms with Crippen molar-refractivity contribution in [3.8, 4) is 0 Å². The Hall–Kier alpha value is 0.180. The van der Waals surface area contributed by atoms with Gasteiger partial charge in [0.15, 0.2) is 0 Å². The van der Waals surface area contributed by atoms with E-state index in [1.165, 1.54) is 0 Å². The molecule has 7 heteroatoms. The first kappa shape index (κ1) is 8.18. The van der Waals surface area contributed by atoms with Crippen LogP contribution < -0.4 is 0 Å². The molecule has 0 amide bonds. The third-order valence-corrected chi connectivity index (χ3v) is 1.99. The number of rotatable bonds is 2. The number of hydrogen-bond donors (Lipinski definition) is 0. The van der Waals surface area contributed by atoms with Gasteiger partial charge in [-0.1, -0.05) is 0 Å². The van der Waals surface area contributed by atoms with Gasteiger partial charge in [0, 0.05) is 29.6 Å². The molecular formula is CH3NO4S2-2. The molecule has 0 saturated carbocycles. The highest BCUT2D eigenvalue weighted by Crippen LogP contribution is 1.86. The predicted octanol–water partition coefficient (Wildman–Crippen LogP) is -1.49. The Labute approximate surface area is 51.5 Å². The molecule has 0 aliphatic carbocycles. The summed E-state index contributed by atoms with van der Waals surface area (Å²) >= 11 is -5.34. The van der Waals surface area contributed by atoms with Crippen LogP contribution in [-0.4, -0.2) is 28.3 Å². The Morgan fingerprint density at radius 2 is 1.50 bits per heavy atom. The maximum absolute atomic E-state index is 9.67. The van der Waals surface area contributed by atoms with Gasteiger partial charge >= 0.3 is 0 Å². The molecule has 0 aromatic rings. The van der Waals surface area contributed by atoms with E-state index >= 15 is 0 Å². The minimum Gasteiger partial charge on any atom is -0.759 e. The Morgan fingerprint density at radius 1 is 1.25 bits per heavy atom. The first-order valence-electron chi connectivity index (χ1n) is 1.48. The lowest BCUT2D eigenvalue weighted by Gasteiger charge is -2.19. The summed E-state index contributed by atoms with van der Waals surface area (Å²) in [5, 5.41) is 0. The van der Waals surface area contributed by atoms with Crippen LogP contribution >= 0.6 is 0 Å². The lowest BCUT2D eigenvalue weighted by atomic mass is 11.6. The molecule has 0 saturated heterocycles. The molecular weight excluding hydrogens is 154 g/mol. The summed E-state index contributed by atoms with van der Waals surface area (Å²) < 4.78 is 38.9. The molecule has 0 aromatic heterocycles. The van der Waals surface area contributed by atoms with E-state index in [0.717, 1.165) is 7.05 Å². The van der Waals surface area contributed by atoms with Gasteiger partial charge in [0.25, 0.3) is 0 Å². The highest BCUT2D eigenvalue weighted by Gasteiger charge is 1.92. The standard InChI is InChI=1S/CH5NO4S2/c1-2(7(3)4)8(5)6/h1H3,(H,3,4)(H,5,6)/p-2. The minimum absolute atomic E-state index is 0.167. The highest BCUT2D eigenvalue weighted by atomic mass is 32.3. The summed E-state index contributed by atoms with van der Waals surface area (Å²) in [6, 6.07) is 0. The van der Waals surface area contributed by atoms with Crippen LogP contribution in [0.2, 0.25) is 0 Å². The maximum Gasteiger partial charge on any atom is 0.0320 e. The zero-order valence-corrected chi connectivity index (χ0v) is 5.53. The molecule has 0 spiro atoms. The van der Waals surface area contributed by atoms with Gasteiger partial charge < -0.3 is 9.11 Å². The molecule has 0 N–H and O–H groups in total. The largest absolute Gasteiger partial charge is 0.759 e. The van der Waals surface area contributed by atoms with Gasteiger partial charge in [-0.05, 0) is 0 Å². The van der Waals surface area contributed by atoms with Crippen molar-refractivity contribution in [2.24, 2.45) is 0 Å². The van der Waals surface area contributed by atoms with Crippen molar-refractivity contribution >= 4 is 22.5 Å². The number of nitrogens with zero attached hydrogens (tertiary/aromatic N) is 1. The molecule has 0 fully saturated rings. The molecule has 2 atom stereocenters. The van der Waals surface area contributed by atoms with Crippen molar-refractivity contribution in [1.82, 2.24) is 3.71 Å². The van der Waals surface area contributed by atoms with Crippen molar-refractivity contribution in [3.05, 3.63) is 0 Å². The molecule has 0 heterocycles. The van der Waals surface area contributed by atoms with Crippen molar-refractivity contribution in [2.75, 3.05) is 7.05 Å². The van der Waals surface area contributed by atoms with E-state index in [9.17, 15) is 17.5 Å². The van der Waals surface area contributed by atoms with Gasteiger partial charge in [0.2, 0.25) is 0 Å². The Balaban J connectivity index is 3.83. The molecule has 8 heavy (non-hydrogen) atoms. The molecule has 0 rings (SSSR count). The van der Waals surface area contributed by atoms with E-state index < -0.39 is 22.5 Å². The second-order valence-electron chi connectivity index (χ2n) is 0.874. The highest BCUT2D eigenvalue weighted by molar-refractivity contribution is 7.92. The Bertz CT molecular complexity index is 109. The summed E-state index contributed by atoms with van der Waals surface area (Å²) in [7, 11) is 0.923. The van der Waals surface area contributed by atoms with Crippen LogP contribution in [0.5, 0.6) is 0 Å². The lowest BCUT2D eigenvalue weighted by Crippen LogP contribution is -2.22. The van der Waals surface area contributed by atoms with Crippen molar-refractivity contribution in [2.45, 2.75) is 0 Å². The second-order valence-corrected chi connectivity index (χ2v) is 3.07. The van der Waals surface area contributed by atoms with Crippen LogP contribution in [0.1, 0.15) is 0 Å². The van der Waals surface area contributed by atoms with Gasteiger partial charge in [-0.3, -0.25) is 8.42 Å². The molecule has 0 radical (unpaired) electrons. The van der Waals surface area contributed by atoms with Crippen LogP contribution in [0, 0.1) is 0 Å². The SMILES string of the molecule is CN(S(=O)[O-])S(=O)[O-]. The third-order valence-electron chi connectivity index (χ3n) is 0.420. The zero-order valence-electron chi connectivity index (χ0n) is 3.90. The van der Waals surface area contributed by atoms with Crippen molar-refractivity contribution in [3.63, 3.8) is 0 Å². The Morgan fingerprint density at radius 3 is 1.50 bits per heavy atom. The minimum atomic E-state index is -2.67. The van der Waals surface area contributed by atoms with Crippen LogP contribution in [0.3, 0.4) is 0 Å². The molecule has 2 unspecified atom stereocenters. The van der Waals surface area contributed by atoms with Gasteiger partial charge in [0.1, 0.15) is 0 Å². The molecule has 50 valence electrons. The lowest BCUT2D eigenvalue weighted by molar-refractivity contribution is 0.466. The van der Waals surface area contributed by atoms with E-state index in [1.807, 2.05) is 0 Å². The molecule has 0 aliphatic heterocycles.